The first-order valence-corrected chi connectivity index (χ1v) is 7.45. The average molecular weight is 347 g/mol. The number of benzene rings is 1. The first kappa shape index (κ1) is 16.7. The van der Waals surface area contributed by atoms with E-state index >= 15 is 0 Å². The highest BCUT2D eigenvalue weighted by Gasteiger charge is 2.12. The van der Waals surface area contributed by atoms with Crippen LogP contribution in [0.1, 0.15) is 27.6 Å². The molecule has 2 heterocycles. The Bertz CT molecular complexity index is 909. The van der Waals surface area contributed by atoms with Crippen LogP contribution in [0, 0.1) is 13.8 Å². The number of alkyl halides is 2. The number of nitrogens with zero attached hydrogens (tertiary/aromatic N) is 4. The van der Waals surface area contributed by atoms with Gasteiger partial charge in [0.2, 0.25) is 0 Å². The maximum atomic E-state index is 12.2. The van der Waals surface area contributed by atoms with Gasteiger partial charge >= 0.3 is 6.61 Å². The maximum absolute atomic E-state index is 12.2. The van der Waals surface area contributed by atoms with Crippen molar-refractivity contribution in [3.05, 3.63) is 53.1 Å². The number of rotatable bonds is 5. The molecule has 0 aliphatic rings. The summed E-state index contributed by atoms with van der Waals surface area (Å²) in [6.45, 7) is 1.02. The normalized spacial score (nSPS) is 11.1. The van der Waals surface area contributed by atoms with E-state index in [4.69, 9.17) is 0 Å². The highest BCUT2D eigenvalue weighted by molar-refractivity contribution is 5.94. The van der Waals surface area contributed by atoms with Crippen LogP contribution in [0.25, 0.3) is 5.78 Å². The minimum absolute atomic E-state index is 0.00734. The van der Waals surface area contributed by atoms with Gasteiger partial charge in [0.1, 0.15) is 5.75 Å². The molecule has 0 bridgehead atoms. The molecule has 130 valence electrons. The third kappa shape index (κ3) is 3.70. The smallest absolute Gasteiger partial charge is 0.387 e. The van der Waals surface area contributed by atoms with Crippen molar-refractivity contribution in [3.8, 4) is 5.75 Å². The zero-order valence-electron chi connectivity index (χ0n) is 13.5. The summed E-state index contributed by atoms with van der Waals surface area (Å²) in [7, 11) is 0. The number of ether oxygens (including phenoxy) is 1. The van der Waals surface area contributed by atoms with Gasteiger partial charge in [-0.15, -0.1) is 10.2 Å². The molecule has 0 atom stereocenters. The van der Waals surface area contributed by atoms with Gasteiger partial charge < -0.3 is 10.1 Å². The number of hydrogen-bond acceptors (Lipinski definition) is 5. The molecule has 1 amide bonds. The Labute approximate surface area is 141 Å². The molecule has 0 aliphatic heterocycles. The van der Waals surface area contributed by atoms with E-state index in [1.807, 2.05) is 19.9 Å². The SMILES string of the molecule is Cc1cc(C)n2c(CNC(=O)c3ccc(OC(F)F)cc3)nnc2n1. The Balaban J connectivity index is 1.70. The molecule has 7 nitrogen and oxygen atoms in total. The van der Waals surface area contributed by atoms with Crippen molar-refractivity contribution in [1.29, 1.82) is 0 Å². The van der Waals surface area contributed by atoms with Gasteiger partial charge in [0.05, 0.1) is 6.54 Å². The summed E-state index contributed by atoms with van der Waals surface area (Å²) < 4.78 is 30.2. The van der Waals surface area contributed by atoms with Crippen molar-refractivity contribution < 1.29 is 18.3 Å². The molecular formula is C16H15F2N5O2. The van der Waals surface area contributed by atoms with Gasteiger partial charge in [-0.05, 0) is 44.2 Å². The molecule has 9 heteroatoms. The molecule has 0 saturated heterocycles. The zero-order chi connectivity index (χ0) is 18.0. The van der Waals surface area contributed by atoms with Crippen molar-refractivity contribution in [2.75, 3.05) is 0 Å². The summed E-state index contributed by atoms with van der Waals surface area (Å²) >= 11 is 0. The molecule has 1 N–H and O–H groups in total. The summed E-state index contributed by atoms with van der Waals surface area (Å²) in [5.74, 6) is 0.645. The monoisotopic (exact) mass is 347 g/mol. The van der Waals surface area contributed by atoms with Gasteiger partial charge in [0, 0.05) is 17.0 Å². The highest BCUT2D eigenvalue weighted by Crippen LogP contribution is 2.15. The lowest BCUT2D eigenvalue weighted by molar-refractivity contribution is -0.0498. The van der Waals surface area contributed by atoms with E-state index in [0.717, 1.165) is 11.4 Å². The highest BCUT2D eigenvalue weighted by atomic mass is 19.3. The van der Waals surface area contributed by atoms with E-state index in [1.165, 1.54) is 24.3 Å². The third-order valence-corrected chi connectivity index (χ3v) is 3.51. The summed E-state index contributed by atoms with van der Waals surface area (Å²) in [6.07, 6.45) is 0. The molecule has 0 spiro atoms. The van der Waals surface area contributed by atoms with E-state index in [2.05, 4.69) is 25.2 Å². The standard InChI is InChI=1S/C16H15F2N5O2/c1-9-7-10(2)23-13(21-22-16(23)20-9)8-19-14(24)11-3-5-12(6-4-11)25-15(17)18/h3-7,15H,8H2,1-2H3,(H,19,24). The number of aromatic nitrogens is 4. The Morgan fingerprint density at radius 2 is 1.96 bits per heavy atom. The second-order valence-electron chi connectivity index (χ2n) is 5.38. The molecule has 0 aliphatic carbocycles. The summed E-state index contributed by atoms with van der Waals surface area (Å²) in [5, 5.41) is 10.8. The predicted molar refractivity (Wildman–Crippen MR) is 84.5 cm³/mol. The summed E-state index contributed by atoms with van der Waals surface area (Å²) in [4.78, 5) is 16.5. The van der Waals surface area contributed by atoms with Crippen LogP contribution < -0.4 is 10.1 Å². The van der Waals surface area contributed by atoms with E-state index in [9.17, 15) is 13.6 Å². The van der Waals surface area contributed by atoms with Crippen LogP contribution in [0.15, 0.2) is 30.3 Å². The minimum Gasteiger partial charge on any atom is -0.435 e. The average Bonchev–Trinajstić information content (AvgIpc) is 2.96. The quantitative estimate of drug-likeness (QED) is 0.766. The molecule has 0 fully saturated rings. The van der Waals surface area contributed by atoms with Crippen molar-refractivity contribution >= 4 is 11.7 Å². The minimum atomic E-state index is -2.90. The Morgan fingerprint density at radius 3 is 2.64 bits per heavy atom. The Kier molecular flexibility index (Phi) is 4.55. The van der Waals surface area contributed by atoms with Crippen LogP contribution in [-0.4, -0.2) is 32.1 Å². The molecule has 3 aromatic rings. The fourth-order valence-corrected chi connectivity index (χ4v) is 2.46. The fourth-order valence-electron chi connectivity index (χ4n) is 2.46. The lowest BCUT2D eigenvalue weighted by Gasteiger charge is -2.07. The van der Waals surface area contributed by atoms with Crippen molar-refractivity contribution in [2.24, 2.45) is 0 Å². The van der Waals surface area contributed by atoms with Crippen LogP contribution in [0.4, 0.5) is 8.78 Å². The zero-order valence-corrected chi connectivity index (χ0v) is 13.5. The largest absolute Gasteiger partial charge is 0.435 e. The fraction of sp³-hybridized carbons (Fsp3) is 0.250. The van der Waals surface area contributed by atoms with Gasteiger partial charge in [-0.1, -0.05) is 0 Å². The van der Waals surface area contributed by atoms with Gasteiger partial charge in [-0.2, -0.15) is 8.78 Å². The van der Waals surface area contributed by atoms with Crippen LogP contribution in [0.3, 0.4) is 0 Å². The van der Waals surface area contributed by atoms with Gasteiger partial charge in [0.15, 0.2) is 5.82 Å². The van der Waals surface area contributed by atoms with Crippen LogP contribution in [-0.2, 0) is 6.54 Å². The number of carbonyl (C=O) groups is 1. The second kappa shape index (κ2) is 6.80. The molecular weight excluding hydrogens is 332 g/mol. The predicted octanol–water partition coefficient (Wildman–Crippen LogP) is 2.27. The summed E-state index contributed by atoms with van der Waals surface area (Å²) in [6, 6.07) is 7.33. The van der Waals surface area contributed by atoms with Crippen LogP contribution in [0.2, 0.25) is 0 Å². The molecule has 25 heavy (non-hydrogen) atoms. The Hall–Kier alpha value is -3.10. The lowest BCUT2D eigenvalue weighted by atomic mass is 10.2. The number of carbonyl (C=O) groups excluding carboxylic acids is 1. The van der Waals surface area contributed by atoms with Gasteiger partial charge in [-0.25, -0.2) is 4.98 Å². The topological polar surface area (TPSA) is 81.4 Å². The number of halogens is 2. The van der Waals surface area contributed by atoms with E-state index in [-0.39, 0.29) is 18.2 Å². The second-order valence-corrected chi connectivity index (χ2v) is 5.38. The molecule has 0 radical (unpaired) electrons. The van der Waals surface area contributed by atoms with E-state index < -0.39 is 6.61 Å². The Morgan fingerprint density at radius 1 is 1.24 bits per heavy atom. The number of amides is 1. The molecule has 0 saturated carbocycles. The van der Waals surface area contributed by atoms with Crippen LogP contribution >= 0.6 is 0 Å². The summed E-state index contributed by atoms with van der Waals surface area (Å²) in [5.41, 5.74) is 2.06. The van der Waals surface area contributed by atoms with E-state index in [1.54, 1.807) is 4.40 Å². The third-order valence-electron chi connectivity index (χ3n) is 3.51. The first-order chi connectivity index (χ1) is 11.9. The van der Waals surface area contributed by atoms with Gasteiger partial charge in [-0.3, -0.25) is 9.20 Å². The number of fused-ring (bicyclic) bond motifs is 1. The maximum Gasteiger partial charge on any atom is 0.387 e. The number of aryl methyl sites for hydroxylation is 2. The van der Waals surface area contributed by atoms with Crippen molar-refractivity contribution in [1.82, 2.24) is 24.9 Å². The number of nitrogens with one attached hydrogen (secondary N) is 1. The van der Waals surface area contributed by atoms with Crippen molar-refractivity contribution in [2.45, 2.75) is 27.0 Å². The van der Waals surface area contributed by atoms with Crippen LogP contribution in [0.5, 0.6) is 5.75 Å². The van der Waals surface area contributed by atoms with Gasteiger partial charge in [0.25, 0.3) is 11.7 Å². The first-order valence-electron chi connectivity index (χ1n) is 7.45. The van der Waals surface area contributed by atoms with E-state index in [0.29, 0.717) is 17.2 Å². The number of hydrogen-bond donors (Lipinski definition) is 1. The molecule has 3 rings (SSSR count). The van der Waals surface area contributed by atoms with Crippen molar-refractivity contribution in [3.63, 3.8) is 0 Å². The molecule has 1 aromatic carbocycles. The lowest BCUT2D eigenvalue weighted by Crippen LogP contribution is -2.24. The molecule has 2 aromatic heterocycles. The molecule has 0 unspecified atom stereocenters.